The lowest BCUT2D eigenvalue weighted by Gasteiger charge is -2.08. The molecule has 0 aliphatic rings. The molecule has 0 atom stereocenters. The average Bonchev–Trinajstić information content (AvgIpc) is 2.54. The van der Waals surface area contributed by atoms with Crippen molar-refractivity contribution in [3.8, 4) is 0 Å². The molecule has 1 heterocycles. The van der Waals surface area contributed by atoms with E-state index in [4.69, 9.17) is 0 Å². The largest absolute Gasteiger partial charge is 0.416 e. The van der Waals surface area contributed by atoms with Gasteiger partial charge in [0.1, 0.15) is 0 Å². The van der Waals surface area contributed by atoms with Crippen molar-refractivity contribution in [2.24, 2.45) is 0 Å². The van der Waals surface area contributed by atoms with E-state index >= 15 is 0 Å². The summed E-state index contributed by atoms with van der Waals surface area (Å²) in [6.07, 6.45) is -1.33. The highest BCUT2D eigenvalue weighted by Gasteiger charge is 2.30. The fourth-order valence-electron chi connectivity index (χ4n) is 2.05. The van der Waals surface area contributed by atoms with Gasteiger partial charge in [-0.15, -0.1) is 0 Å². The van der Waals surface area contributed by atoms with Crippen LogP contribution in [0, 0.1) is 0 Å². The van der Waals surface area contributed by atoms with Crippen LogP contribution in [0.25, 0.3) is 11.0 Å². The lowest BCUT2D eigenvalue weighted by Crippen LogP contribution is -2.12. The summed E-state index contributed by atoms with van der Waals surface area (Å²) in [5, 5.41) is 2.62. The number of carbonyl (C=O) groups is 1. The van der Waals surface area contributed by atoms with Gasteiger partial charge in [-0.25, -0.2) is 0 Å². The van der Waals surface area contributed by atoms with Crippen LogP contribution >= 0.6 is 0 Å². The second-order valence-corrected chi connectivity index (χ2v) is 4.79. The molecule has 0 fully saturated rings. The van der Waals surface area contributed by atoms with Crippen LogP contribution in [-0.4, -0.2) is 15.9 Å². The van der Waals surface area contributed by atoms with Crippen LogP contribution < -0.4 is 5.32 Å². The van der Waals surface area contributed by atoms with E-state index in [2.05, 4.69) is 15.3 Å². The molecule has 0 saturated carbocycles. The smallest absolute Gasteiger partial charge is 0.322 e. The number of halogens is 3. The van der Waals surface area contributed by atoms with Gasteiger partial charge in [0.2, 0.25) is 0 Å². The van der Waals surface area contributed by atoms with Crippen molar-refractivity contribution in [2.45, 2.75) is 6.18 Å². The Bertz CT molecular complexity index is 860. The summed E-state index contributed by atoms with van der Waals surface area (Å²) in [7, 11) is 0. The number of aromatic nitrogens is 2. The van der Waals surface area contributed by atoms with E-state index in [9.17, 15) is 18.0 Å². The van der Waals surface area contributed by atoms with Gasteiger partial charge >= 0.3 is 6.18 Å². The van der Waals surface area contributed by atoms with Crippen LogP contribution in [0.4, 0.5) is 18.9 Å². The molecule has 7 heteroatoms. The third-order valence-corrected chi connectivity index (χ3v) is 3.20. The van der Waals surface area contributed by atoms with Crippen LogP contribution in [0.3, 0.4) is 0 Å². The Morgan fingerprint density at radius 3 is 2.22 bits per heavy atom. The number of hydrogen-bond donors (Lipinski definition) is 1. The molecule has 0 spiro atoms. The Kier molecular flexibility index (Phi) is 3.69. The maximum Gasteiger partial charge on any atom is 0.416 e. The van der Waals surface area contributed by atoms with Crippen molar-refractivity contribution in [3.05, 3.63) is 66.0 Å². The van der Waals surface area contributed by atoms with Crippen molar-refractivity contribution in [3.63, 3.8) is 0 Å². The molecule has 0 aliphatic carbocycles. The first-order valence-corrected chi connectivity index (χ1v) is 6.63. The molecule has 1 amide bonds. The summed E-state index contributed by atoms with van der Waals surface area (Å²) in [6, 6.07) is 9.02. The quantitative estimate of drug-likeness (QED) is 0.780. The van der Waals surface area contributed by atoms with Crippen LogP contribution in [-0.2, 0) is 6.18 Å². The summed E-state index contributed by atoms with van der Waals surface area (Å²) < 4.78 is 37.5. The zero-order chi connectivity index (χ0) is 16.4. The highest BCUT2D eigenvalue weighted by Crippen LogP contribution is 2.29. The van der Waals surface area contributed by atoms with E-state index in [1.165, 1.54) is 6.20 Å². The Hall–Kier alpha value is -2.96. The van der Waals surface area contributed by atoms with Crippen molar-refractivity contribution < 1.29 is 18.0 Å². The first kappa shape index (κ1) is 15.0. The fourth-order valence-corrected chi connectivity index (χ4v) is 2.05. The summed E-state index contributed by atoms with van der Waals surface area (Å²) >= 11 is 0. The summed E-state index contributed by atoms with van der Waals surface area (Å²) in [4.78, 5) is 20.3. The summed E-state index contributed by atoms with van der Waals surface area (Å²) in [6.45, 7) is 0. The van der Waals surface area contributed by atoms with E-state index in [0.29, 0.717) is 16.7 Å². The Morgan fingerprint density at radius 1 is 0.913 bits per heavy atom. The number of anilines is 1. The number of hydrogen-bond acceptors (Lipinski definition) is 3. The molecule has 0 saturated heterocycles. The van der Waals surface area contributed by atoms with Gasteiger partial charge in [0.25, 0.3) is 5.91 Å². The number of alkyl halides is 3. The lowest BCUT2D eigenvalue weighted by atomic mass is 10.1. The van der Waals surface area contributed by atoms with Crippen molar-refractivity contribution in [2.75, 3.05) is 5.32 Å². The van der Waals surface area contributed by atoms with E-state index < -0.39 is 17.6 Å². The van der Waals surface area contributed by atoms with E-state index in [1.54, 1.807) is 24.4 Å². The molecule has 3 rings (SSSR count). The Labute approximate surface area is 129 Å². The van der Waals surface area contributed by atoms with Gasteiger partial charge in [-0.05, 0) is 42.5 Å². The first-order chi connectivity index (χ1) is 10.9. The molecule has 0 radical (unpaired) electrons. The topological polar surface area (TPSA) is 54.9 Å². The average molecular weight is 317 g/mol. The standard InChI is InChI=1S/C16H10F3N3O/c17-16(18,19)11-3-1-10(2-4-11)15(23)22-12-5-6-13-14(9-12)21-8-7-20-13/h1-9H,(H,22,23). The van der Waals surface area contributed by atoms with Crippen molar-refractivity contribution >= 4 is 22.6 Å². The Balaban J connectivity index is 1.80. The van der Waals surface area contributed by atoms with Crippen molar-refractivity contribution in [1.82, 2.24) is 9.97 Å². The number of benzene rings is 2. The molecule has 116 valence electrons. The Morgan fingerprint density at radius 2 is 1.57 bits per heavy atom. The lowest BCUT2D eigenvalue weighted by molar-refractivity contribution is -0.137. The van der Waals surface area contributed by atoms with Crippen LogP contribution in [0.2, 0.25) is 0 Å². The fraction of sp³-hybridized carbons (Fsp3) is 0.0625. The van der Waals surface area contributed by atoms with Gasteiger partial charge < -0.3 is 5.32 Å². The monoisotopic (exact) mass is 317 g/mol. The third kappa shape index (κ3) is 3.28. The zero-order valence-corrected chi connectivity index (χ0v) is 11.6. The highest BCUT2D eigenvalue weighted by molar-refractivity contribution is 6.04. The van der Waals surface area contributed by atoms with Crippen LogP contribution in [0.5, 0.6) is 0 Å². The second-order valence-electron chi connectivity index (χ2n) is 4.79. The van der Waals surface area contributed by atoms with E-state index in [1.807, 2.05) is 0 Å². The number of nitrogens with zero attached hydrogens (tertiary/aromatic N) is 2. The minimum atomic E-state index is -4.42. The summed E-state index contributed by atoms with van der Waals surface area (Å²) in [5.74, 6) is -0.498. The molecule has 0 aliphatic heterocycles. The normalized spacial score (nSPS) is 11.4. The molecule has 3 aromatic rings. The number of fused-ring (bicyclic) bond motifs is 1. The molecular weight excluding hydrogens is 307 g/mol. The highest BCUT2D eigenvalue weighted by atomic mass is 19.4. The second kappa shape index (κ2) is 5.68. The number of amides is 1. The molecule has 23 heavy (non-hydrogen) atoms. The summed E-state index contributed by atoms with van der Waals surface area (Å²) in [5.41, 5.74) is 1.12. The maximum absolute atomic E-state index is 12.5. The number of rotatable bonds is 2. The number of carbonyl (C=O) groups excluding carboxylic acids is 1. The number of nitrogens with one attached hydrogen (secondary N) is 1. The van der Waals surface area contributed by atoms with E-state index in [0.717, 1.165) is 24.3 Å². The van der Waals surface area contributed by atoms with E-state index in [-0.39, 0.29) is 5.56 Å². The minimum Gasteiger partial charge on any atom is -0.322 e. The molecule has 0 unspecified atom stereocenters. The molecule has 1 aromatic heterocycles. The SMILES string of the molecule is O=C(Nc1ccc2nccnc2c1)c1ccc(C(F)(F)F)cc1. The molecule has 0 bridgehead atoms. The first-order valence-electron chi connectivity index (χ1n) is 6.63. The predicted octanol–water partition coefficient (Wildman–Crippen LogP) is 3.90. The predicted molar refractivity (Wildman–Crippen MR) is 78.9 cm³/mol. The zero-order valence-electron chi connectivity index (χ0n) is 11.6. The van der Waals surface area contributed by atoms with Crippen molar-refractivity contribution in [1.29, 1.82) is 0 Å². The van der Waals surface area contributed by atoms with Gasteiger partial charge in [0.05, 0.1) is 16.6 Å². The van der Waals surface area contributed by atoms with Crippen LogP contribution in [0.15, 0.2) is 54.9 Å². The molecular formula is C16H10F3N3O. The molecule has 2 aromatic carbocycles. The van der Waals surface area contributed by atoms with Crippen LogP contribution in [0.1, 0.15) is 15.9 Å². The maximum atomic E-state index is 12.5. The van der Waals surface area contributed by atoms with Gasteiger partial charge in [-0.1, -0.05) is 0 Å². The minimum absolute atomic E-state index is 0.136. The molecule has 1 N–H and O–H groups in total. The van der Waals surface area contributed by atoms with Gasteiger partial charge in [-0.3, -0.25) is 14.8 Å². The molecule has 4 nitrogen and oxygen atoms in total. The third-order valence-electron chi connectivity index (χ3n) is 3.20. The van der Waals surface area contributed by atoms with Gasteiger partial charge in [0.15, 0.2) is 0 Å². The van der Waals surface area contributed by atoms with Gasteiger partial charge in [0, 0.05) is 23.6 Å². The van der Waals surface area contributed by atoms with Gasteiger partial charge in [-0.2, -0.15) is 13.2 Å².